The molecular formula is C15H20N2O4. The first-order valence-corrected chi connectivity index (χ1v) is 6.84. The quantitative estimate of drug-likeness (QED) is 0.829. The molecule has 2 N–H and O–H groups in total. The van der Waals surface area contributed by atoms with Crippen molar-refractivity contribution in [3.05, 3.63) is 35.4 Å². The van der Waals surface area contributed by atoms with Gasteiger partial charge in [-0.1, -0.05) is 12.1 Å². The maximum Gasteiger partial charge on any atom is 0.336 e. The maximum absolute atomic E-state index is 12.1. The Morgan fingerprint density at radius 3 is 2.14 bits per heavy atom. The third-order valence-corrected chi connectivity index (χ3v) is 3.20. The normalized spacial score (nSPS) is 11.6. The Labute approximate surface area is 123 Å². The number of hydrogen-bond donors (Lipinski definition) is 2. The van der Waals surface area contributed by atoms with Crippen LogP contribution >= 0.6 is 0 Å². The van der Waals surface area contributed by atoms with Crippen molar-refractivity contribution >= 4 is 17.8 Å². The van der Waals surface area contributed by atoms with Gasteiger partial charge in [0.15, 0.2) is 0 Å². The van der Waals surface area contributed by atoms with Gasteiger partial charge in [0.25, 0.3) is 5.91 Å². The molecule has 1 unspecified atom stereocenters. The molecule has 0 bridgehead atoms. The van der Waals surface area contributed by atoms with Crippen LogP contribution in [-0.4, -0.2) is 46.9 Å². The van der Waals surface area contributed by atoms with Crippen LogP contribution in [0.5, 0.6) is 0 Å². The van der Waals surface area contributed by atoms with Crippen molar-refractivity contribution in [2.75, 3.05) is 13.1 Å². The van der Waals surface area contributed by atoms with Crippen molar-refractivity contribution in [2.24, 2.45) is 0 Å². The summed E-state index contributed by atoms with van der Waals surface area (Å²) in [6.07, 6.45) is 0. The highest BCUT2D eigenvalue weighted by atomic mass is 16.4. The highest BCUT2D eigenvalue weighted by molar-refractivity contribution is 6.05. The summed E-state index contributed by atoms with van der Waals surface area (Å²) in [6.45, 7) is 6.41. The molecule has 0 spiro atoms. The fraction of sp³-hybridized carbons (Fsp3) is 0.400. The van der Waals surface area contributed by atoms with Gasteiger partial charge in [0.05, 0.1) is 11.1 Å². The molecule has 6 heteroatoms. The number of aromatic carboxylic acids is 1. The summed E-state index contributed by atoms with van der Waals surface area (Å²) >= 11 is 0. The van der Waals surface area contributed by atoms with Crippen LogP contribution in [0.4, 0.5) is 0 Å². The third kappa shape index (κ3) is 4.05. The summed E-state index contributed by atoms with van der Waals surface area (Å²) in [4.78, 5) is 36.9. The van der Waals surface area contributed by atoms with E-state index < -0.39 is 17.9 Å². The molecular weight excluding hydrogens is 272 g/mol. The van der Waals surface area contributed by atoms with Crippen LogP contribution in [0.1, 0.15) is 41.5 Å². The Bertz CT molecular complexity index is 538. The van der Waals surface area contributed by atoms with Crippen LogP contribution in [0.3, 0.4) is 0 Å². The van der Waals surface area contributed by atoms with Crippen molar-refractivity contribution in [3.8, 4) is 0 Å². The Hall–Kier alpha value is -2.37. The second-order valence-corrected chi connectivity index (χ2v) is 4.56. The van der Waals surface area contributed by atoms with E-state index in [1.807, 2.05) is 13.8 Å². The highest BCUT2D eigenvalue weighted by Gasteiger charge is 2.22. The number of carboxylic acid groups (broad SMARTS) is 1. The van der Waals surface area contributed by atoms with Gasteiger partial charge in [-0.2, -0.15) is 0 Å². The van der Waals surface area contributed by atoms with Gasteiger partial charge in [0, 0.05) is 13.1 Å². The predicted octanol–water partition coefficient (Wildman–Crippen LogP) is 1.37. The van der Waals surface area contributed by atoms with Crippen molar-refractivity contribution in [1.82, 2.24) is 10.2 Å². The molecule has 21 heavy (non-hydrogen) atoms. The van der Waals surface area contributed by atoms with E-state index in [4.69, 9.17) is 5.11 Å². The number of likely N-dealkylation sites (N-methyl/N-ethyl adjacent to an activating group) is 1. The maximum atomic E-state index is 12.1. The fourth-order valence-electron chi connectivity index (χ4n) is 2.01. The zero-order valence-corrected chi connectivity index (χ0v) is 12.4. The molecule has 0 saturated heterocycles. The first kappa shape index (κ1) is 16.7. The topological polar surface area (TPSA) is 86.7 Å². The lowest BCUT2D eigenvalue weighted by Crippen LogP contribution is -2.47. The molecule has 0 aliphatic rings. The highest BCUT2D eigenvalue weighted by Crippen LogP contribution is 2.09. The van der Waals surface area contributed by atoms with Crippen LogP contribution in [0.2, 0.25) is 0 Å². The van der Waals surface area contributed by atoms with Crippen molar-refractivity contribution in [3.63, 3.8) is 0 Å². The largest absolute Gasteiger partial charge is 0.478 e. The van der Waals surface area contributed by atoms with E-state index in [0.717, 1.165) is 0 Å². The Kier molecular flexibility index (Phi) is 5.90. The van der Waals surface area contributed by atoms with Crippen LogP contribution < -0.4 is 5.32 Å². The molecule has 1 atom stereocenters. The number of nitrogens with zero attached hydrogens (tertiary/aromatic N) is 1. The van der Waals surface area contributed by atoms with Crippen molar-refractivity contribution in [2.45, 2.75) is 26.8 Å². The van der Waals surface area contributed by atoms with Gasteiger partial charge in [-0.25, -0.2) is 4.79 Å². The molecule has 0 aromatic heterocycles. The summed E-state index contributed by atoms with van der Waals surface area (Å²) in [5.74, 6) is -1.94. The second-order valence-electron chi connectivity index (χ2n) is 4.56. The van der Waals surface area contributed by atoms with E-state index in [2.05, 4.69) is 5.32 Å². The Morgan fingerprint density at radius 1 is 1.14 bits per heavy atom. The van der Waals surface area contributed by atoms with Crippen molar-refractivity contribution in [1.29, 1.82) is 0 Å². The lowest BCUT2D eigenvalue weighted by molar-refractivity contribution is -0.132. The van der Waals surface area contributed by atoms with Crippen LogP contribution in [0.25, 0.3) is 0 Å². The van der Waals surface area contributed by atoms with Crippen LogP contribution in [0, 0.1) is 0 Å². The Morgan fingerprint density at radius 2 is 1.67 bits per heavy atom. The smallest absolute Gasteiger partial charge is 0.336 e. The molecule has 0 heterocycles. The van der Waals surface area contributed by atoms with Gasteiger partial charge < -0.3 is 15.3 Å². The molecule has 1 aromatic carbocycles. The average molecular weight is 292 g/mol. The summed E-state index contributed by atoms with van der Waals surface area (Å²) in [6, 6.07) is 5.20. The van der Waals surface area contributed by atoms with Crippen LogP contribution in [-0.2, 0) is 4.79 Å². The number of nitrogens with one attached hydrogen (secondary N) is 1. The molecule has 0 aliphatic heterocycles. The van der Waals surface area contributed by atoms with E-state index in [0.29, 0.717) is 13.1 Å². The summed E-state index contributed by atoms with van der Waals surface area (Å²) in [5, 5.41) is 11.6. The zero-order valence-electron chi connectivity index (χ0n) is 12.4. The number of amides is 2. The van der Waals surface area contributed by atoms with E-state index in [1.165, 1.54) is 12.1 Å². The molecule has 0 saturated carbocycles. The average Bonchev–Trinajstić information content (AvgIpc) is 2.48. The molecule has 0 fully saturated rings. The molecule has 114 valence electrons. The van der Waals surface area contributed by atoms with E-state index >= 15 is 0 Å². The number of carbonyl (C=O) groups is 3. The molecule has 6 nitrogen and oxygen atoms in total. The van der Waals surface area contributed by atoms with E-state index in [1.54, 1.807) is 24.0 Å². The van der Waals surface area contributed by atoms with E-state index in [-0.39, 0.29) is 17.0 Å². The summed E-state index contributed by atoms with van der Waals surface area (Å²) in [5.41, 5.74) is -0.0401. The van der Waals surface area contributed by atoms with Gasteiger partial charge in [-0.3, -0.25) is 9.59 Å². The third-order valence-electron chi connectivity index (χ3n) is 3.20. The molecule has 1 aromatic rings. The van der Waals surface area contributed by atoms with Crippen LogP contribution in [0.15, 0.2) is 24.3 Å². The monoisotopic (exact) mass is 292 g/mol. The Balaban J connectivity index is 2.87. The predicted molar refractivity (Wildman–Crippen MR) is 78.3 cm³/mol. The number of hydrogen-bond acceptors (Lipinski definition) is 3. The fourth-order valence-corrected chi connectivity index (χ4v) is 2.01. The van der Waals surface area contributed by atoms with Gasteiger partial charge in [-0.15, -0.1) is 0 Å². The second kappa shape index (κ2) is 7.42. The summed E-state index contributed by atoms with van der Waals surface area (Å²) in [7, 11) is 0. The molecule has 0 radical (unpaired) electrons. The number of benzene rings is 1. The first-order valence-electron chi connectivity index (χ1n) is 6.84. The minimum Gasteiger partial charge on any atom is -0.478 e. The number of carboxylic acids is 1. The molecule has 1 rings (SSSR count). The van der Waals surface area contributed by atoms with Gasteiger partial charge in [0.1, 0.15) is 6.04 Å². The van der Waals surface area contributed by atoms with E-state index in [9.17, 15) is 14.4 Å². The SMILES string of the molecule is CCN(CC)C(=O)C(C)NC(=O)c1ccccc1C(=O)O. The minimum absolute atomic E-state index is 0.0456. The lowest BCUT2D eigenvalue weighted by atomic mass is 10.1. The lowest BCUT2D eigenvalue weighted by Gasteiger charge is -2.23. The number of carbonyl (C=O) groups excluding carboxylic acids is 2. The zero-order chi connectivity index (χ0) is 16.0. The van der Waals surface area contributed by atoms with Crippen molar-refractivity contribution < 1.29 is 19.5 Å². The van der Waals surface area contributed by atoms with Gasteiger partial charge >= 0.3 is 5.97 Å². The first-order chi connectivity index (χ1) is 9.92. The molecule has 2 amide bonds. The van der Waals surface area contributed by atoms with Gasteiger partial charge in [-0.05, 0) is 32.9 Å². The van der Waals surface area contributed by atoms with Gasteiger partial charge in [0.2, 0.25) is 5.91 Å². The minimum atomic E-state index is -1.18. The molecule has 0 aliphatic carbocycles. The summed E-state index contributed by atoms with van der Waals surface area (Å²) < 4.78 is 0. The standard InChI is InChI=1S/C15H20N2O4/c1-4-17(5-2)14(19)10(3)16-13(18)11-8-6-7-9-12(11)15(20)21/h6-10H,4-5H2,1-3H3,(H,16,18)(H,20,21). The number of rotatable bonds is 6.